The van der Waals surface area contributed by atoms with Gasteiger partial charge in [0.1, 0.15) is 0 Å². The van der Waals surface area contributed by atoms with E-state index in [1.165, 1.54) is 6.42 Å². The second kappa shape index (κ2) is 4.44. The molecular formula is C10H15NO2. The minimum absolute atomic E-state index is 0.674. The number of ether oxygens (including phenoxy) is 1. The molecule has 1 fully saturated rings. The van der Waals surface area contributed by atoms with Gasteiger partial charge in [-0.1, -0.05) is 0 Å². The summed E-state index contributed by atoms with van der Waals surface area (Å²) in [7, 11) is 0. The minimum Gasteiger partial charge on any atom is -0.472 e. The molecule has 1 aromatic heterocycles. The Kier molecular flexibility index (Phi) is 3.00. The topological polar surface area (TPSA) is 34.4 Å². The number of rotatable bonds is 4. The lowest BCUT2D eigenvalue weighted by atomic mass is 10.1. The van der Waals surface area contributed by atoms with E-state index >= 15 is 0 Å². The van der Waals surface area contributed by atoms with Gasteiger partial charge in [0.05, 0.1) is 25.7 Å². The maximum atomic E-state index is 5.56. The van der Waals surface area contributed by atoms with Crippen LogP contribution in [0, 0.1) is 5.92 Å². The van der Waals surface area contributed by atoms with Crippen molar-refractivity contribution in [2.75, 3.05) is 19.7 Å². The second-order valence-corrected chi connectivity index (χ2v) is 3.51. The smallest absolute Gasteiger partial charge is 0.0957 e. The molecule has 2 heterocycles. The summed E-state index contributed by atoms with van der Waals surface area (Å²) in [6.07, 6.45) is 4.65. The first-order chi connectivity index (χ1) is 6.45. The molecule has 2 rings (SSSR count). The van der Waals surface area contributed by atoms with Crippen molar-refractivity contribution in [1.29, 1.82) is 0 Å². The molecule has 1 aromatic rings. The zero-order valence-corrected chi connectivity index (χ0v) is 7.66. The van der Waals surface area contributed by atoms with Gasteiger partial charge in [-0.15, -0.1) is 0 Å². The van der Waals surface area contributed by atoms with Crippen LogP contribution in [0.25, 0.3) is 0 Å². The van der Waals surface area contributed by atoms with E-state index in [0.717, 1.165) is 25.3 Å². The molecule has 0 saturated carbocycles. The Morgan fingerprint density at radius 2 is 2.62 bits per heavy atom. The van der Waals surface area contributed by atoms with E-state index in [-0.39, 0.29) is 0 Å². The van der Waals surface area contributed by atoms with Crippen LogP contribution in [0.2, 0.25) is 0 Å². The van der Waals surface area contributed by atoms with Gasteiger partial charge in [0.15, 0.2) is 0 Å². The van der Waals surface area contributed by atoms with Crippen LogP contribution in [-0.4, -0.2) is 19.7 Å². The monoisotopic (exact) mass is 181 g/mol. The lowest BCUT2D eigenvalue weighted by Crippen LogP contribution is -2.13. The second-order valence-electron chi connectivity index (χ2n) is 3.51. The molecule has 0 amide bonds. The summed E-state index contributed by atoms with van der Waals surface area (Å²) in [5, 5.41) is 3.32. The number of hydrogen-bond acceptors (Lipinski definition) is 3. The van der Waals surface area contributed by atoms with Crippen molar-refractivity contribution < 1.29 is 9.15 Å². The molecule has 0 spiro atoms. The van der Waals surface area contributed by atoms with Crippen molar-refractivity contribution >= 4 is 0 Å². The summed E-state index contributed by atoms with van der Waals surface area (Å²) in [5.74, 6) is 0.701. The third kappa shape index (κ3) is 2.57. The highest BCUT2D eigenvalue weighted by molar-refractivity contribution is 5.02. The van der Waals surface area contributed by atoms with Gasteiger partial charge in [-0.05, 0) is 24.9 Å². The fourth-order valence-electron chi connectivity index (χ4n) is 1.57. The van der Waals surface area contributed by atoms with Gasteiger partial charge in [0, 0.05) is 12.1 Å². The third-order valence-corrected chi connectivity index (χ3v) is 2.36. The highest BCUT2D eigenvalue weighted by atomic mass is 16.5. The Bertz CT molecular complexity index is 227. The number of nitrogens with one attached hydrogen (secondary N) is 1. The molecule has 3 heteroatoms. The maximum Gasteiger partial charge on any atom is 0.0957 e. The summed E-state index contributed by atoms with van der Waals surface area (Å²) in [5.41, 5.74) is 1.12. The predicted molar refractivity (Wildman–Crippen MR) is 49.3 cm³/mol. The highest BCUT2D eigenvalue weighted by Crippen LogP contribution is 2.09. The van der Waals surface area contributed by atoms with Crippen molar-refractivity contribution in [3.8, 4) is 0 Å². The van der Waals surface area contributed by atoms with Gasteiger partial charge >= 0.3 is 0 Å². The van der Waals surface area contributed by atoms with Crippen LogP contribution in [-0.2, 0) is 11.3 Å². The van der Waals surface area contributed by atoms with Crippen LogP contribution in [0.3, 0.4) is 0 Å². The fraction of sp³-hybridized carbons (Fsp3) is 0.600. The summed E-state index contributed by atoms with van der Waals surface area (Å²) >= 11 is 0. The first-order valence-electron chi connectivity index (χ1n) is 4.74. The number of hydrogen-bond donors (Lipinski definition) is 1. The largest absolute Gasteiger partial charge is 0.472 e. The fourth-order valence-corrected chi connectivity index (χ4v) is 1.57. The van der Waals surface area contributed by atoms with Crippen LogP contribution in [0.5, 0.6) is 0 Å². The average Bonchev–Trinajstić information content (AvgIpc) is 2.75. The van der Waals surface area contributed by atoms with E-state index in [2.05, 4.69) is 5.32 Å². The Labute approximate surface area is 78.1 Å². The minimum atomic E-state index is 0.674. The van der Waals surface area contributed by atoms with E-state index in [1.54, 1.807) is 12.5 Å². The first-order valence-corrected chi connectivity index (χ1v) is 4.74. The Morgan fingerprint density at radius 3 is 3.31 bits per heavy atom. The molecule has 0 aliphatic carbocycles. The normalized spacial score (nSPS) is 22.3. The molecule has 72 valence electrons. The number of furan rings is 1. The van der Waals surface area contributed by atoms with Crippen LogP contribution < -0.4 is 5.32 Å². The third-order valence-electron chi connectivity index (χ3n) is 2.36. The molecule has 1 N–H and O–H groups in total. The van der Waals surface area contributed by atoms with Crippen molar-refractivity contribution in [2.45, 2.75) is 13.0 Å². The molecule has 1 saturated heterocycles. The van der Waals surface area contributed by atoms with E-state index in [0.29, 0.717) is 12.5 Å². The molecule has 0 aromatic carbocycles. The Morgan fingerprint density at radius 1 is 1.62 bits per heavy atom. The average molecular weight is 181 g/mol. The van der Waals surface area contributed by atoms with E-state index in [9.17, 15) is 0 Å². The van der Waals surface area contributed by atoms with Crippen LogP contribution in [0.15, 0.2) is 23.0 Å². The first kappa shape index (κ1) is 8.78. The molecule has 0 bridgehead atoms. The zero-order chi connectivity index (χ0) is 8.93. The summed E-state index contributed by atoms with van der Waals surface area (Å²) in [6, 6.07) is 1.94. The summed E-state index contributed by atoms with van der Waals surface area (Å²) in [4.78, 5) is 0. The van der Waals surface area contributed by atoms with Crippen molar-refractivity contribution in [3.63, 3.8) is 0 Å². The van der Waals surface area contributed by atoms with Crippen molar-refractivity contribution in [2.24, 2.45) is 5.92 Å². The molecule has 1 unspecified atom stereocenters. The Balaban J connectivity index is 1.63. The Hall–Kier alpha value is -0.800. The van der Waals surface area contributed by atoms with Gasteiger partial charge in [-0.2, -0.15) is 0 Å². The molecule has 1 aliphatic heterocycles. The van der Waals surface area contributed by atoms with Crippen LogP contribution >= 0.6 is 0 Å². The summed E-state index contributed by atoms with van der Waals surface area (Å²) in [6.45, 7) is 3.77. The van der Waals surface area contributed by atoms with Crippen molar-refractivity contribution in [3.05, 3.63) is 24.2 Å². The van der Waals surface area contributed by atoms with Gasteiger partial charge in [0.25, 0.3) is 0 Å². The zero-order valence-electron chi connectivity index (χ0n) is 7.66. The SMILES string of the molecule is c1cc(COCC2CCNC2)co1. The molecule has 3 nitrogen and oxygen atoms in total. The molecule has 1 aliphatic rings. The van der Waals surface area contributed by atoms with Crippen LogP contribution in [0.1, 0.15) is 12.0 Å². The van der Waals surface area contributed by atoms with Gasteiger partial charge in [0.2, 0.25) is 0 Å². The van der Waals surface area contributed by atoms with Crippen molar-refractivity contribution in [1.82, 2.24) is 5.32 Å². The van der Waals surface area contributed by atoms with Gasteiger partial charge < -0.3 is 14.5 Å². The standard InChI is InChI=1S/C10H15NO2/c1-3-11-5-9(1)6-13-8-10-2-4-12-7-10/h2,4,7,9,11H,1,3,5-6,8H2. The van der Waals surface area contributed by atoms with Gasteiger partial charge in [-0.3, -0.25) is 0 Å². The van der Waals surface area contributed by atoms with E-state index in [4.69, 9.17) is 9.15 Å². The lowest BCUT2D eigenvalue weighted by molar-refractivity contribution is 0.0921. The maximum absolute atomic E-state index is 5.56. The molecule has 1 atom stereocenters. The quantitative estimate of drug-likeness (QED) is 0.762. The van der Waals surface area contributed by atoms with E-state index in [1.807, 2.05) is 6.07 Å². The summed E-state index contributed by atoms with van der Waals surface area (Å²) < 4.78 is 10.5. The van der Waals surface area contributed by atoms with Crippen LogP contribution in [0.4, 0.5) is 0 Å². The van der Waals surface area contributed by atoms with E-state index < -0.39 is 0 Å². The predicted octanol–water partition coefficient (Wildman–Crippen LogP) is 1.41. The molecular weight excluding hydrogens is 166 g/mol. The highest BCUT2D eigenvalue weighted by Gasteiger charge is 2.13. The van der Waals surface area contributed by atoms with Gasteiger partial charge in [-0.25, -0.2) is 0 Å². The lowest BCUT2D eigenvalue weighted by Gasteiger charge is -2.07. The molecule has 0 radical (unpaired) electrons. The molecule has 13 heavy (non-hydrogen) atoms.